The molecule has 0 spiro atoms. The van der Waals surface area contributed by atoms with Crippen LogP contribution in [0.4, 0.5) is 51.2 Å². The molecule has 250 valence electrons. The molecule has 8 aromatic rings. The van der Waals surface area contributed by atoms with Crippen molar-refractivity contribution in [2.75, 3.05) is 14.7 Å². The fourth-order valence-electron chi connectivity index (χ4n) is 6.78. The van der Waals surface area contributed by atoms with Gasteiger partial charge in [0.05, 0.1) is 0 Å². The minimum atomic E-state index is 1.07. The van der Waals surface area contributed by atoms with E-state index in [9.17, 15) is 0 Å². The average molecular weight is 670 g/mol. The van der Waals surface area contributed by atoms with Crippen molar-refractivity contribution in [2.45, 2.75) is 6.92 Å². The Morgan fingerprint density at radius 2 is 0.500 bits per heavy atom. The zero-order valence-electron chi connectivity index (χ0n) is 29.1. The summed E-state index contributed by atoms with van der Waals surface area (Å²) >= 11 is 0. The third-order valence-corrected chi connectivity index (χ3v) is 9.27. The minimum Gasteiger partial charge on any atom is -0.311 e. The Hall–Kier alpha value is -6.84. The SMILES string of the molecule is Cc1cccc(-c2ccc(N(c3ccc(N(c4ccccc4)c4ccccc4)cc3)c3ccc(N(c4ccccc4)c4ccccc4)cc3)cc2)c1. The van der Waals surface area contributed by atoms with Gasteiger partial charge in [0.2, 0.25) is 0 Å². The first-order valence-corrected chi connectivity index (χ1v) is 17.7. The first kappa shape index (κ1) is 32.4. The summed E-state index contributed by atoms with van der Waals surface area (Å²) in [6.07, 6.45) is 0. The fraction of sp³-hybridized carbons (Fsp3) is 0.0204. The standard InChI is InChI=1S/C49H39N3/c1-38-15-14-16-40(37-38)39-25-27-45(28-26-39)52(48-33-29-46(30-34-48)50(41-17-6-2-7-18-41)42-19-8-3-9-20-42)49-35-31-47(32-36-49)51(43-21-10-4-11-22-43)44-23-12-5-13-24-44/h2-37H,1H3. The molecule has 3 nitrogen and oxygen atoms in total. The summed E-state index contributed by atoms with van der Waals surface area (Å²) in [4.78, 5) is 6.92. The molecule has 0 aliphatic rings. The van der Waals surface area contributed by atoms with Gasteiger partial charge < -0.3 is 14.7 Å². The smallest absolute Gasteiger partial charge is 0.0463 e. The van der Waals surface area contributed by atoms with Gasteiger partial charge in [-0.25, -0.2) is 0 Å². The number of para-hydroxylation sites is 4. The fourth-order valence-corrected chi connectivity index (χ4v) is 6.78. The van der Waals surface area contributed by atoms with E-state index in [1.807, 2.05) is 0 Å². The molecule has 0 amide bonds. The van der Waals surface area contributed by atoms with Crippen LogP contribution in [0.3, 0.4) is 0 Å². The summed E-state index contributed by atoms with van der Waals surface area (Å²) in [7, 11) is 0. The molecule has 0 saturated carbocycles. The van der Waals surface area contributed by atoms with Crippen LogP contribution in [0.5, 0.6) is 0 Å². The van der Waals surface area contributed by atoms with E-state index in [4.69, 9.17) is 0 Å². The van der Waals surface area contributed by atoms with E-state index in [0.717, 1.165) is 51.2 Å². The molecule has 0 N–H and O–H groups in total. The first-order chi connectivity index (χ1) is 25.7. The molecule has 0 unspecified atom stereocenters. The summed E-state index contributed by atoms with van der Waals surface area (Å²) in [6, 6.07) is 77.4. The molecular formula is C49H39N3. The van der Waals surface area contributed by atoms with Crippen LogP contribution in [0.1, 0.15) is 5.56 Å². The van der Waals surface area contributed by atoms with E-state index in [0.29, 0.717) is 0 Å². The second-order valence-electron chi connectivity index (χ2n) is 12.8. The van der Waals surface area contributed by atoms with Gasteiger partial charge in [-0.05, 0) is 127 Å². The van der Waals surface area contributed by atoms with E-state index >= 15 is 0 Å². The second kappa shape index (κ2) is 15.0. The lowest BCUT2D eigenvalue weighted by Crippen LogP contribution is -2.13. The normalized spacial score (nSPS) is 10.8. The zero-order valence-corrected chi connectivity index (χ0v) is 29.1. The van der Waals surface area contributed by atoms with Gasteiger partial charge in [0, 0.05) is 51.2 Å². The topological polar surface area (TPSA) is 9.72 Å². The van der Waals surface area contributed by atoms with Crippen LogP contribution in [0.25, 0.3) is 11.1 Å². The lowest BCUT2D eigenvalue weighted by molar-refractivity contribution is 1.24. The summed E-state index contributed by atoms with van der Waals surface area (Å²) < 4.78 is 0. The number of hydrogen-bond acceptors (Lipinski definition) is 3. The Morgan fingerprint density at radius 1 is 0.231 bits per heavy atom. The molecule has 0 saturated heterocycles. The maximum atomic E-state index is 2.33. The summed E-state index contributed by atoms with van der Waals surface area (Å²) in [5, 5.41) is 0. The number of anilines is 9. The Labute approximate surface area is 306 Å². The second-order valence-corrected chi connectivity index (χ2v) is 12.8. The molecular weight excluding hydrogens is 631 g/mol. The first-order valence-electron chi connectivity index (χ1n) is 17.7. The van der Waals surface area contributed by atoms with Crippen LogP contribution in [0, 0.1) is 6.92 Å². The molecule has 0 bridgehead atoms. The van der Waals surface area contributed by atoms with Gasteiger partial charge in [-0.2, -0.15) is 0 Å². The van der Waals surface area contributed by atoms with Crippen molar-refractivity contribution in [1.29, 1.82) is 0 Å². The van der Waals surface area contributed by atoms with Crippen molar-refractivity contribution in [2.24, 2.45) is 0 Å². The van der Waals surface area contributed by atoms with Gasteiger partial charge in [-0.1, -0.05) is 115 Å². The van der Waals surface area contributed by atoms with E-state index < -0.39 is 0 Å². The molecule has 0 radical (unpaired) electrons. The number of hydrogen-bond donors (Lipinski definition) is 0. The maximum absolute atomic E-state index is 2.33. The quantitative estimate of drug-likeness (QED) is 0.143. The highest BCUT2D eigenvalue weighted by molar-refractivity contribution is 5.84. The van der Waals surface area contributed by atoms with Crippen LogP contribution in [0.2, 0.25) is 0 Å². The summed E-state index contributed by atoms with van der Waals surface area (Å²) in [5.41, 5.74) is 13.5. The number of rotatable bonds is 10. The third-order valence-electron chi connectivity index (χ3n) is 9.27. The van der Waals surface area contributed by atoms with Crippen molar-refractivity contribution in [3.8, 4) is 11.1 Å². The Kier molecular flexibility index (Phi) is 9.31. The largest absolute Gasteiger partial charge is 0.311 e. The predicted octanol–water partition coefficient (Wildman–Crippen LogP) is 14.1. The van der Waals surface area contributed by atoms with Crippen LogP contribution >= 0.6 is 0 Å². The van der Waals surface area contributed by atoms with Crippen LogP contribution in [-0.4, -0.2) is 0 Å². The van der Waals surface area contributed by atoms with Crippen LogP contribution in [0.15, 0.2) is 218 Å². The van der Waals surface area contributed by atoms with Gasteiger partial charge in [-0.15, -0.1) is 0 Å². The Bertz CT molecular complexity index is 2120. The van der Waals surface area contributed by atoms with Crippen molar-refractivity contribution in [1.82, 2.24) is 0 Å². The predicted molar refractivity (Wildman–Crippen MR) is 221 cm³/mol. The lowest BCUT2D eigenvalue weighted by atomic mass is 10.0. The van der Waals surface area contributed by atoms with Crippen LogP contribution < -0.4 is 14.7 Å². The number of aryl methyl sites for hydroxylation is 1. The maximum Gasteiger partial charge on any atom is 0.0463 e. The van der Waals surface area contributed by atoms with E-state index in [2.05, 4.69) is 240 Å². The monoisotopic (exact) mass is 669 g/mol. The molecule has 8 rings (SSSR count). The van der Waals surface area contributed by atoms with Crippen molar-refractivity contribution < 1.29 is 0 Å². The Balaban J connectivity index is 1.19. The molecule has 52 heavy (non-hydrogen) atoms. The van der Waals surface area contributed by atoms with E-state index in [1.165, 1.54) is 16.7 Å². The van der Waals surface area contributed by atoms with E-state index in [1.54, 1.807) is 0 Å². The van der Waals surface area contributed by atoms with Gasteiger partial charge in [0.15, 0.2) is 0 Å². The van der Waals surface area contributed by atoms with E-state index in [-0.39, 0.29) is 0 Å². The molecule has 3 heteroatoms. The molecule has 0 aromatic heterocycles. The average Bonchev–Trinajstić information content (AvgIpc) is 3.21. The van der Waals surface area contributed by atoms with Gasteiger partial charge in [-0.3, -0.25) is 0 Å². The molecule has 0 fully saturated rings. The molecule has 0 aliphatic carbocycles. The summed E-state index contributed by atoms with van der Waals surface area (Å²) in [5.74, 6) is 0. The van der Waals surface area contributed by atoms with Crippen LogP contribution in [-0.2, 0) is 0 Å². The third kappa shape index (κ3) is 6.94. The lowest BCUT2D eigenvalue weighted by Gasteiger charge is -2.29. The van der Waals surface area contributed by atoms with Crippen molar-refractivity contribution >= 4 is 51.2 Å². The highest BCUT2D eigenvalue weighted by atomic mass is 15.2. The number of nitrogens with zero attached hydrogens (tertiary/aromatic N) is 3. The molecule has 8 aromatic carbocycles. The summed E-state index contributed by atoms with van der Waals surface area (Å²) in [6.45, 7) is 2.14. The highest BCUT2D eigenvalue weighted by Crippen LogP contribution is 2.41. The minimum absolute atomic E-state index is 1.07. The molecule has 0 aliphatic heterocycles. The zero-order chi connectivity index (χ0) is 35.1. The number of benzene rings is 8. The van der Waals surface area contributed by atoms with Gasteiger partial charge in [0.1, 0.15) is 0 Å². The molecule has 0 atom stereocenters. The Morgan fingerprint density at radius 3 is 0.788 bits per heavy atom. The highest BCUT2D eigenvalue weighted by Gasteiger charge is 2.18. The molecule has 0 heterocycles. The van der Waals surface area contributed by atoms with Crippen molar-refractivity contribution in [3.63, 3.8) is 0 Å². The van der Waals surface area contributed by atoms with Gasteiger partial charge >= 0.3 is 0 Å². The van der Waals surface area contributed by atoms with Gasteiger partial charge in [0.25, 0.3) is 0 Å². The van der Waals surface area contributed by atoms with Crippen molar-refractivity contribution in [3.05, 3.63) is 224 Å².